The van der Waals surface area contributed by atoms with E-state index in [2.05, 4.69) is 18.0 Å². The maximum absolute atomic E-state index is 11.4. The number of hydrogen-bond acceptors (Lipinski definition) is 3. The molecule has 1 aromatic rings. The molecular weight excluding hydrogens is 262 g/mol. The van der Waals surface area contributed by atoms with E-state index in [9.17, 15) is 4.79 Å². The van der Waals surface area contributed by atoms with Crippen LogP contribution in [0.3, 0.4) is 0 Å². The first-order chi connectivity index (χ1) is 10.3. The van der Waals surface area contributed by atoms with Gasteiger partial charge in [0, 0.05) is 24.2 Å². The molecule has 21 heavy (non-hydrogen) atoms. The quantitative estimate of drug-likeness (QED) is 0.431. The lowest BCUT2D eigenvalue weighted by atomic mass is 9.92. The summed E-state index contributed by atoms with van der Waals surface area (Å²) in [6, 6.07) is 6.03. The second-order valence-corrected chi connectivity index (χ2v) is 5.62. The van der Waals surface area contributed by atoms with E-state index >= 15 is 0 Å². The minimum absolute atomic E-state index is 0.126. The highest BCUT2D eigenvalue weighted by Crippen LogP contribution is 2.26. The Morgan fingerprint density at radius 2 is 1.90 bits per heavy atom. The summed E-state index contributed by atoms with van der Waals surface area (Å²) in [5.74, 6) is 0.246. The number of rotatable bonds is 11. The van der Waals surface area contributed by atoms with Gasteiger partial charge >= 0.3 is 5.97 Å². The fraction of sp³-hybridized carbons (Fsp3) is 0.667. The highest BCUT2D eigenvalue weighted by atomic mass is 16.5. The van der Waals surface area contributed by atoms with Crippen LogP contribution in [0.25, 0.3) is 0 Å². The predicted molar refractivity (Wildman–Crippen MR) is 86.2 cm³/mol. The van der Waals surface area contributed by atoms with Crippen LogP contribution < -0.4 is 0 Å². The second kappa shape index (κ2) is 11.3. The van der Waals surface area contributed by atoms with E-state index in [1.54, 1.807) is 0 Å². The molecule has 0 spiro atoms. The fourth-order valence-electron chi connectivity index (χ4n) is 2.62. The molecular formula is C18H29NO2. The molecule has 0 amide bonds. The molecule has 0 saturated heterocycles. The van der Waals surface area contributed by atoms with Crippen LogP contribution in [0.2, 0.25) is 0 Å². The molecule has 0 aromatic carbocycles. The smallest absolute Gasteiger partial charge is 0.305 e. The van der Waals surface area contributed by atoms with Crippen LogP contribution in [-0.4, -0.2) is 18.1 Å². The summed E-state index contributed by atoms with van der Waals surface area (Å²) < 4.78 is 4.75. The average molecular weight is 291 g/mol. The van der Waals surface area contributed by atoms with E-state index in [4.69, 9.17) is 4.74 Å². The highest BCUT2D eigenvalue weighted by molar-refractivity contribution is 5.69. The number of carbonyl (C=O) groups is 1. The molecule has 0 aliphatic rings. The summed E-state index contributed by atoms with van der Waals surface area (Å²) >= 11 is 0. The average Bonchev–Trinajstić information content (AvgIpc) is 2.54. The Bertz CT molecular complexity index is 378. The van der Waals surface area contributed by atoms with Gasteiger partial charge in [-0.1, -0.05) is 51.5 Å². The standard InChI is InChI=1S/C18H29NO2/c1-3-4-5-6-7-8-11-16(13-14-18(20)21-2)17-12-9-10-15-19-17/h9-10,12,15-16H,3-8,11,13-14H2,1-2H3. The first-order valence-corrected chi connectivity index (χ1v) is 8.25. The van der Waals surface area contributed by atoms with Crippen LogP contribution >= 0.6 is 0 Å². The van der Waals surface area contributed by atoms with Gasteiger partial charge in [-0.05, 0) is 25.0 Å². The van der Waals surface area contributed by atoms with Gasteiger partial charge in [0.15, 0.2) is 0 Å². The third-order valence-electron chi connectivity index (χ3n) is 3.94. The Morgan fingerprint density at radius 3 is 2.57 bits per heavy atom. The first kappa shape index (κ1) is 17.7. The molecule has 0 saturated carbocycles. The van der Waals surface area contributed by atoms with Gasteiger partial charge in [0.05, 0.1) is 7.11 Å². The first-order valence-electron chi connectivity index (χ1n) is 8.25. The summed E-state index contributed by atoms with van der Waals surface area (Å²) in [4.78, 5) is 15.8. The zero-order valence-electron chi connectivity index (χ0n) is 13.5. The molecule has 0 N–H and O–H groups in total. The van der Waals surface area contributed by atoms with Crippen LogP contribution in [0.5, 0.6) is 0 Å². The SMILES string of the molecule is CCCCCCCCC(CCC(=O)OC)c1ccccn1. The lowest BCUT2D eigenvalue weighted by Crippen LogP contribution is -2.07. The van der Waals surface area contributed by atoms with Crippen molar-refractivity contribution in [1.82, 2.24) is 4.98 Å². The van der Waals surface area contributed by atoms with Crippen molar-refractivity contribution < 1.29 is 9.53 Å². The van der Waals surface area contributed by atoms with Gasteiger partial charge < -0.3 is 4.74 Å². The molecule has 3 nitrogen and oxygen atoms in total. The van der Waals surface area contributed by atoms with E-state index in [0.717, 1.165) is 18.5 Å². The van der Waals surface area contributed by atoms with Crippen molar-refractivity contribution in [3.05, 3.63) is 30.1 Å². The van der Waals surface area contributed by atoms with Crippen LogP contribution in [0.4, 0.5) is 0 Å². The highest BCUT2D eigenvalue weighted by Gasteiger charge is 2.14. The van der Waals surface area contributed by atoms with E-state index in [1.165, 1.54) is 45.6 Å². The van der Waals surface area contributed by atoms with Crippen molar-refractivity contribution in [2.24, 2.45) is 0 Å². The van der Waals surface area contributed by atoms with Gasteiger partial charge in [-0.25, -0.2) is 0 Å². The number of pyridine rings is 1. The number of hydrogen-bond donors (Lipinski definition) is 0. The van der Waals surface area contributed by atoms with Crippen molar-refractivity contribution in [1.29, 1.82) is 0 Å². The molecule has 1 aromatic heterocycles. The fourth-order valence-corrected chi connectivity index (χ4v) is 2.62. The summed E-state index contributed by atoms with van der Waals surface area (Å²) in [7, 11) is 1.45. The number of carbonyl (C=O) groups excluding carboxylic acids is 1. The van der Waals surface area contributed by atoms with Crippen LogP contribution in [0, 0.1) is 0 Å². The summed E-state index contributed by atoms with van der Waals surface area (Å²) in [6.07, 6.45) is 12.0. The third-order valence-corrected chi connectivity index (χ3v) is 3.94. The van der Waals surface area contributed by atoms with Gasteiger partial charge in [-0.2, -0.15) is 0 Å². The van der Waals surface area contributed by atoms with Gasteiger partial charge in [0.1, 0.15) is 0 Å². The normalized spacial score (nSPS) is 12.1. The number of methoxy groups -OCH3 is 1. The number of esters is 1. The zero-order valence-corrected chi connectivity index (χ0v) is 13.5. The van der Waals surface area contributed by atoms with Crippen molar-refractivity contribution in [2.75, 3.05) is 7.11 Å². The molecule has 118 valence electrons. The minimum atomic E-state index is -0.126. The maximum Gasteiger partial charge on any atom is 0.305 e. The maximum atomic E-state index is 11.4. The van der Waals surface area contributed by atoms with Crippen LogP contribution in [0.15, 0.2) is 24.4 Å². The van der Waals surface area contributed by atoms with Crippen molar-refractivity contribution in [2.45, 2.75) is 70.6 Å². The largest absolute Gasteiger partial charge is 0.469 e. The zero-order chi connectivity index (χ0) is 15.3. The van der Waals surface area contributed by atoms with Gasteiger partial charge in [0.25, 0.3) is 0 Å². The van der Waals surface area contributed by atoms with E-state index in [0.29, 0.717) is 12.3 Å². The summed E-state index contributed by atoms with van der Waals surface area (Å²) in [5, 5.41) is 0. The number of ether oxygens (including phenoxy) is 1. The van der Waals surface area contributed by atoms with Gasteiger partial charge in [-0.15, -0.1) is 0 Å². The molecule has 1 heterocycles. The molecule has 3 heteroatoms. The predicted octanol–water partition coefficient (Wildman–Crippen LogP) is 4.87. The molecule has 0 bridgehead atoms. The molecule has 1 atom stereocenters. The molecule has 0 aliphatic heterocycles. The van der Waals surface area contributed by atoms with Crippen molar-refractivity contribution in [3.63, 3.8) is 0 Å². The minimum Gasteiger partial charge on any atom is -0.469 e. The van der Waals surface area contributed by atoms with Crippen molar-refractivity contribution >= 4 is 5.97 Å². The lowest BCUT2D eigenvalue weighted by Gasteiger charge is -2.15. The molecule has 1 unspecified atom stereocenters. The Morgan fingerprint density at radius 1 is 1.14 bits per heavy atom. The van der Waals surface area contributed by atoms with Crippen LogP contribution in [0.1, 0.15) is 76.3 Å². The number of unbranched alkanes of at least 4 members (excludes halogenated alkanes) is 5. The molecule has 1 rings (SSSR count). The molecule has 0 radical (unpaired) electrons. The number of aromatic nitrogens is 1. The van der Waals surface area contributed by atoms with Gasteiger partial charge in [-0.3, -0.25) is 9.78 Å². The van der Waals surface area contributed by atoms with E-state index < -0.39 is 0 Å². The van der Waals surface area contributed by atoms with Crippen LogP contribution in [-0.2, 0) is 9.53 Å². The van der Waals surface area contributed by atoms with Crippen molar-refractivity contribution in [3.8, 4) is 0 Å². The Kier molecular flexibility index (Phi) is 9.51. The summed E-state index contributed by atoms with van der Waals surface area (Å²) in [6.45, 7) is 2.24. The third kappa shape index (κ3) is 7.84. The Hall–Kier alpha value is -1.38. The Balaban J connectivity index is 2.39. The monoisotopic (exact) mass is 291 g/mol. The Labute approximate surface area is 129 Å². The summed E-state index contributed by atoms with van der Waals surface area (Å²) in [5.41, 5.74) is 1.11. The van der Waals surface area contributed by atoms with E-state index in [1.807, 2.05) is 18.3 Å². The molecule has 0 fully saturated rings. The molecule has 0 aliphatic carbocycles. The number of nitrogens with zero attached hydrogens (tertiary/aromatic N) is 1. The van der Waals surface area contributed by atoms with E-state index in [-0.39, 0.29) is 5.97 Å². The van der Waals surface area contributed by atoms with Gasteiger partial charge in [0.2, 0.25) is 0 Å². The topological polar surface area (TPSA) is 39.2 Å². The second-order valence-electron chi connectivity index (χ2n) is 5.62. The lowest BCUT2D eigenvalue weighted by molar-refractivity contribution is -0.140.